The first-order valence-electron chi connectivity index (χ1n) is 5.54. The number of guanidine groups is 1. The van der Waals surface area contributed by atoms with Crippen LogP contribution in [0.1, 0.15) is 24.6 Å². The van der Waals surface area contributed by atoms with Gasteiger partial charge in [0.05, 0.1) is 6.54 Å². The number of rotatable bonds is 2. The topological polar surface area (TPSA) is 66.5 Å². The lowest BCUT2D eigenvalue weighted by atomic mass is 10.4. The zero-order chi connectivity index (χ0) is 11.4. The molecule has 96 valence electrons. The lowest BCUT2D eigenvalue weighted by Gasteiger charge is -2.19. The van der Waals surface area contributed by atoms with Crippen molar-refractivity contribution < 1.29 is 4.52 Å². The smallest absolute Gasteiger partial charge is 0.246 e. The summed E-state index contributed by atoms with van der Waals surface area (Å²) in [7, 11) is 1.79. The normalized spacial score (nSPS) is 15.9. The Morgan fingerprint density at radius 1 is 1.47 bits per heavy atom. The molecule has 1 fully saturated rings. The first kappa shape index (κ1) is 14.2. The molecule has 6 nitrogen and oxygen atoms in total. The van der Waals surface area contributed by atoms with Crippen LogP contribution in [0.5, 0.6) is 0 Å². The maximum Gasteiger partial charge on any atom is 0.246 e. The molecule has 0 amide bonds. The van der Waals surface area contributed by atoms with Crippen LogP contribution in [0.3, 0.4) is 0 Å². The van der Waals surface area contributed by atoms with Crippen LogP contribution in [0.2, 0.25) is 0 Å². The van der Waals surface area contributed by atoms with Crippen LogP contribution in [0.4, 0.5) is 0 Å². The van der Waals surface area contributed by atoms with Crippen molar-refractivity contribution in [3.63, 3.8) is 0 Å². The second-order valence-corrected chi connectivity index (χ2v) is 3.83. The third-order valence-corrected chi connectivity index (χ3v) is 2.58. The highest BCUT2D eigenvalue weighted by Gasteiger charge is 2.15. The number of nitrogens with one attached hydrogen (secondary N) is 1. The summed E-state index contributed by atoms with van der Waals surface area (Å²) in [5.41, 5.74) is 0. The Balaban J connectivity index is 0.00000144. The Kier molecular flexibility index (Phi) is 5.66. The Hall–Kier alpha value is -0.860. The molecule has 0 aromatic carbocycles. The van der Waals surface area contributed by atoms with Crippen LogP contribution in [0.15, 0.2) is 9.52 Å². The quantitative estimate of drug-likeness (QED) is 0.492. The monoisotopic (exact) mass is 351 g/mol. The molecule has 1 aliphatic heterocycles. The van der Waals surface area contributed by atoms with Gasteiger partial charge in [-0.1, -0.05) is 5.16 Å². The van der Waals surface area contributed by atoms with E-state index < -0.39 is 0 Å². The van der Waals surface area contributed by atoms with E-state index in [4.69, 9.17) is 4.52 Å². The zero-order valence-electron chi connectivity index (χ0n) is 10.1. The molecule has 1 aromatic rings. The zero-order valence-corrected chi connectivity index (χ0v) is 12.5. The molecule has 7 heteroatoms. The van der Waals surface area contributed by atoms with E-state index in [1.54, 1.807) is 7.05 Å². The van der Waals surface area contributed by atoms with Crippen LogP contribution in [-0.4, -0.2) is 41.1 Å². The maximum absolute atomic E-state index is 5.02. The molecule has 1 saturated heterocycles. The highest BCUT2D eigenvalue weighted by atomic mass is 127. The highest BCUT2D eigenvalue weighted by Crippen LogP contribution is 2.07. The van der Waals surface area contributed by atoms with E-state index in [1.807, 2.05) is 6.92 Å². The molecular weight excluding hydrogens is 333 g/mol. The van der Waals surface area contributed by atoms with Crippen LogP contribution >= 0.6 is 24.0 Å². The summed E-state index contributed by atoms with van der Waals surface area (Å²) in [4.78, 5) is 10.6. The molecule has 0 saturated carbocycles. The molecule has 1 aliphatic rings. The van der Waals surface area contributed by atoms with Gasteiger partial charge in [-0.05, 0) is 19.8 Å². The summed E-state index contributed by atoms with van der Waals surface area (Å²) in [6, 6.07) is 0. The summed E-state index contributed by atoms with van der Waals surface area (Å²) in [6.45, 7) is 4.48. The van der Waals surface area contributed by atoms with Gasteiger partial charge in [0.2, 0.25) is 5.89 Å². The summed E-state index contributed by atoms with van der Waals surface area (Å²) < 4.78 is 5.02. The lowest BCUT2D eigenvalue weighted by Crippen LogP contribution is -2.39. The van der Waals surface area contributed by atoms with E-state index in [0.29, 0.717) is 18.3 Å². The van der Waals surface area contributed by atoms with Gasteiger partial charge in [0.25, 0.3) is 0 Å². The van der Waals surface area contributed by atoms with E-state index in [-0.39, 0.29) is 24.0 Å². The third-order valence-electron chi connectivity index (χ3n) is 2.58. The van der Waals surface area contributed by atoms with Crippen molar-refractivity contribution in [2.24, 2.45) is 4.99 Å². The second kappa shape index (κ2) is 6.77. The van der Waals surface area contributed by atoms with Gasteiger partial charge in [0.15, 0.2) is 11.8 Å². The van der Waals surface area contributed by atoms with Crippen molar-refractivity contribution >= 4 is 29.9 Å². The number of hydrogen-bond donors (Lipinski definition) is 1. The van der Waals surface area contributed by atoms with Crippen LogP contribution in [0, 0.1) is 6.92 Å². The fourth-order valence-electron chi connectivity index (χ4n) is 1.83. The fourth-order valence-corrected chi connectivity index (χ4v) is 1.83. The molecule has 0 bridgehead atoms. The van der Waals surface area contributed by atoms with E-state index in [2.05, 4.69) is 25.3 Å². The molecule has 0 unspecified atom stereocenters. The Labute approximate surface area is 118 Å². The SMILES string of the molecule is CN=C(NCc1nc(C)no1)N1CCCC1.I. The molecular formula is C10H18IN5O. The van der Waals surface area contributed by atoms with Crippen molar-refractivity contribution in [2.45, 2.75) is 26.3 Å². The molecule has 17 heavy (non-hydrogen) atoms. The third kappa shape index (κ3) is 3.83. The molecule has 0 aliphatic carbocycles. The van der Waals surface area contributed by atoms with Gasteiger partial charge in [-0.3, -0.25) is 4.99 Å². The Bertz CT molecular complexity index is 373. The molecule has 2 heterocycles. The summed E-state index contributed by atoms with van der Waals surface area (Å²) >= 11 is 0. The van der Waals surface area contributed by atoms with E-state index in [9.17, 15) is 0 Å². The first-order valence-corrected chi connectivity index (χ1v) is 5.54. The van der Waals surface area contributed by atoms with E-state index >= 15 is 0 Å². The van der Waals surface area contributed by atoms with Gasteiger partial charge < -0.3 is 14.7 Å². The van der Waals surface area contributed by atoms with Crippen LogP contribution in [0.25, 0.3) is 0 Å². The minimum absolute atomic E-state index is 0. The maximum atomic E-state index is 5.02. The number of halogens is 1. The minimum Gasteiger partial charge on any atom is -0.347 e. The van der Waals surface area contributed by atoms with Crippen LogP contribution < -0.4 is 5.32 Å². The minimum atomic E-state index is 0. The number of hydrogen-bond acceptors (Lipinski definition) is 4. The largest absolute Gasteiger partial charge is 0.347 e. The lowest BCUT2D eigenvalue weighted by molar-refractivity contribution is 0.368. The van der Waals surface area contributed by atoms with E-state index in [0.717, 1.165) is 19.0 Å². The summed E-state index contributed by atoms with van der Waals surface area (Å²) in [5, 5.41) is 6.96. The predicted octanol–water partition coefficient (Wildman–Crippen LogP) is 1.17. The number of aromatic nitrogens is 2. The molecule has 2 rings (SSSR count). The van der Waals surface area contributed by atoms with Crippen molar-refractivity contribution in [1.29, 1.82) is 0 Å². The van der Waals surface area contributed by atoms with Crippen molar-refractivity contribution in [1.82, 2.24) is 20.4 Å². The number of likely N-dealkylation sites (tertiary alicyclic amines) is 1. The van der Waals surface area contributed by atoms with Gasteiger partial charge in [0, 0.05) is 20.1 Å². The van der Waals surface area contributed by atoms with Gasteiger partial charge in [-0.15, -0.1) is 24.0 Å². The predicted molar refractivity (Wildman–Crippen MR) is 75.5 cm³/mol. The standard InChI is InChI=1S/C10H17N5O.HI/c1-8-13-9(16-14-8)7-12-10(11-2)15-5-3-4-6-15;/h3-7H2,1-2H3,(H,11,12);1H. The van der Waals surface area contributed by atoms with Gasteiger partial charge in [-0.2, -0.15) is 4.98 Å². The first-order chi connectivity index (χ1) is 7.79. The van der Waals surface area contributed by atoms with Gasteiger partial charge in [-0.25, -0.2) is 0 Å². The average molecular weight is 351 g/mol. The van der Waals surface area contributed by atoms with Crippen molar-refractivity contribution in [3.8, 4) is 0 Å². The molecule has 1 N–H and O–H groups in total. The number of nitrogens with zero attached hydrogens (tertiary/aromatic N) is 4. The van der Waals surface area contributed by atoms with Gasteiger partial charge in [0.1, 0.15) is 0 Å². The molecule has 1 aromatic heterocycles. The highest BCUT2D eigenvalue weighted by molar-refractivity contribution is 14.0. The van der Waals surface area contributed by atoms with Crippen LogP contribution in [-0.2, 0) is 6.54 Å². The Morgan fingerprint density at radius 2 is 2.18 bits per heavy atom. The second-order valence-electron chi connectivity index (χ2n) is 3.83. The van der Waals surface area contributed by atoms with Gasteiger partial charge >= 0.3 is 0 Å². The summed E-state index contributed by atoms with van der Waals surface area (Å²) in [6.07, 6.45) is 2.47. The van der Waals surface area contributed by atoms with Crippen molar-refractivity contribution in [2.75, 3.05) is 20.1 Å². The molecule has 0 spiro atoms. The summed E-state index contributed by atoms with van der Waals surface area (Å²) in [5.74, 6) is 2.17. The van der Waals surface area contributed by atoms with E-state index in [1.165, 1.54) is 12.8 Å². The number of aryl methyl sites for hydroxylation is 1. The molecule has 0 atom stereocenters. The fraction of sp³-hybridized carbons (Fsp3) is 0.700. The number of aliphatic imine (C=N–C) groups is 1. The molecule has 0 radical (unpaired) electrons. The van der Waals surface area contributed by atoms with Crippen molar-refractivity contribution in [3.05, 3.63) is 11.7 Å². The Morgan fingerprint density at radius 3 is 2.71 bits per heavy atom. The average Bonchev–Trinajstić information content (AvgIpc) is 2.91.